The van der Waals surface area contributed by atoms with E-state index in [4.69, 9.17) is 16.3 Å². The number of alkyl halides is 3. The standard InChI is InChI=1S/C19H11ClF3IN2O2/c20-16-9-12(19(21,22)23)10-25-18(16)28-15-7-5-14(6-8-15)26-17(27)11-1-3-13(24)4-2-11/h1-10H,(H,26,27). The second-order valence-corrected chi connectivity index (χ2v) is 7.25. The van der Waals surface area contributed by atoms with Crippen molar-refractivity contribution in [1.82, 2.24) is 4.98 Å². The number of amides is 1. The minimum Gasteiger partial charge on any atom is -0.438 e. The maximum atomic E-state index is 12.6. The zero-order chi connectivity index (χ0) is 20.3. The number of nitrogens with one attached hydrogen (secondary N) is 1. The zero-order valence-electron chi connectivity index (χ0n) is 13.9. The van der Waals surface area contributed by atoms with Crippen LogP contribution in [0.3, 0.4) is 0 Å². The molecular weight excluding hydrogens is 508 g/mol. The van der Waals surface area contributed by atoms with Gasteiger partial charge in [0.25, 0.3) is 5.91 Å². The molecule has 1 heterocycles. The quantitative estimate of drug-likeness (QED) is 0.407. The second kappa shape index (κ2) is 8.36. The third-order valence-electron chi connectivity index (χ3n) is 3.57. The van der Waals surface area contributed by atoms with Gasteiger partial charge in [0.1, 0.15) is 10.8 Å². The lowest BCUT2D eigenvalue weighted by Crippen LogP contribution is -2.11. The molecule has 2 aromatic carbocycles. The summed E-state index contributed by atoms with van der Waals surface area (Å²) in [6.45, 7) is 0. The summed E-state index contributed by atoms with van der Waals surface area (Å²) in [6.07, 6.45) is -3.89. The number of carbonyl (C=O) groups is 1. The molecule has 0 aliphatic carbocycles. The summed E-state index contributed by atoms with van der Waals surface area (Å²) in [5.41, 5.74) is 0.0855. The lowest BCUT2D eigenvalue weighted by atomic mass is 10.2. The average Bonchev–Trinajstić information content (AvgIpc) is 2.64. The number of rotatable bonds is 4. The number of pyridine rings is 1. The first-order chi connectivity index (χ1) is 13.2. The number of benzene rings is 2. The highest BCUT2D eigenvalue weighted by Gasteiger charge is 2.31. The molecule has 0 unspecified atom stereocenters. The molecule has 1 aromatic heterocycles. The highest BCUT2D eigenvalue weighted by molar-refractivity contribution is 14.1. The van der Waals surface area contributed by atoms with Crippen LogP contribution in [0.4, 0.5) is 18.9 Å². The van der Waals surface area contributed by atoms with Crippen LogP contribution in [-0.4, -0.2) is 10.9 Å². The molecule has 0 fully saturated rings. The molecule has 0 atom stereocenters. The van der Waals surface area contributed by atoms with E-state index in [2.05, 4.69) is 32.9 Å². The van der Waals surface area contributed by atoms with Gasteiger partial charge in [0.2, 0.25) is 5.88 Å². The predicted molar refractivity (Wildman–Crippen MR) is 108 cm³/mol. The van der Waals surface area contributed by atoms with Gasteiger partial charge < -0.3 is 10.1 Å². The van der Waals surface area contributed by atoms with Crippen LogP contribution in [0.15, 0.2) is 60.8 Å². The van der Waals surface area contributed by atoms with Crippen LogP contribution in [0.5, 0.6) is 11.6 Å². The van der Waals surface area contributed by atoms with Crippen molar-refractivity contribution in [2.24, 2.45) is 0 Å². The Bertz CT molecular complexity index is 994. The molecule has 9 heteroatoms. The fraction of sp³-hybridized carbons (Fsp3) is 0.0526. The van der Waals surface area contributed by atoms with Crippen molar-refractivity contribution in [2.75, 3.05) is 5.32 Å². The number of anilines is 1. The van der Waals surface area contributed by atoms with Gasteiger partial charge in [-0.15, -0.1) is 0 Å². The molecule has 144 valence electrons. The molecule has 0 spiro atoms. The number of nitrogens with zero attached hydrogens (tertiary/aromatic N) is 1. The Labute approximate surface area is 176 Å². The molecule has 0 aliphatic rings. The van der Waals surface area contributed by atoms with Gasteiger partial charge in [-0.3, -0.25) is 4.79 Å². The lowest BCUT2D eigenvalue weighted by Gasteiger charge is -2.11. The van der Waals surface area contributed by atoms with E-state index in [1.54, 1.807) is 36.4 Å². The number of ether oxygens (including phenoxy) is 1. The van der Waals surface area contributed by atoms with E-state index in [1.807, 2.05) is 12.1 Å². The summed E-state index contributed by atoms with van der Waals surface area (Å²) in [5.74, 6) is -0.107. The summed E-state index contributed by atoms with van der Waals surface area (Å²) in [5, 5.41) is 2.48. The minimum absolute atomic E-state index is 0.148. The van der Waals surface area contributed by atoms with Crippen LogP contribution >= 0.6 is 34.2 Å². The van der Waals surface area contributed by atoms with Gasteiger partial charge >= 0.3 is 6.18 Å². The Kier molecular flexibility index (Phi) is 6.09. The van der Waals surface area contributed by atoms with E-state index >= 15 is 0 Å². The van der Waals surface area contributed by atoms with Crippen LogP contribution in [0, 0.1) is 3.57 Å². The Morgan fingerprint density at radius 1 is 1.07 bits per heavy atom. The van der Waals surface area contributed by atoms with Gasteiger partial charge in [-0.05, 0) is 77.2 Å². The maximum absolute atomic E-state index is 12.6. The third kappa shape index (κ3) is 5.14. The molecule has 0 aliphatic heterocycles. The topological polar surface area (TPSA) is 51.2 Å². The van der Waals surface area contributed by atoms with Gasteiger partial charge in [0.05, 0.1) is 5.56 Å². The Hall–Kier alpha value is -2.33. The van der Waals surface area contributed by atoms with Crippen LogP contribution in [0.2, 0.25) is 5.02 Å². The second-order valence-electron chi connectivity index (χ2n) is 5.60. The first-order valence-corrected chi connectivity index (χ1v) is 9.25. The van der Waals surface area contributed by atoms with Crippen molar-refractivity contribution in [3.05, 3.63) is 80.5 Å². The molecule has 3 aromatic rings. The van der Waals surface area contributed by atoms with Crippen molar-refractivity contribution in [1.29, 1.82) is 0 Å². The Morgan fingerprint density at radius 3 is 2.29 bits per heavy atom. The third-order valence-corrected chi connectivity index (χ3v) is 4.56. The molecule has 0 bridgehead atoms. The van der Waals surface area contributed by atoms with Crippen LogP contribution in [-0.2, 0) is 6.18 Å². The predicted octanol–water partition coefficient (Wildman–Crippen LogP) is 6.40. The van der Waals surface area contributed by atoms with Gasteiger partial charge in [-0.2, -0.15) is 13.2 Å². The normalized spacial score (nSPS) is 11.2. The van der Waals surface area contributed by atoms with E-state index in [9.17, 15) is 18.0 Å². The molecule has 0 saturated heterocycles. The van der Waals surface area contributed by atoms with Gasteiger partial charge in [-0.25, -0.2) is 4.98 Å². The fourth-order valence-electron chi connectivity index (χ4n) is 2.18. The summed E-state index contributed by atoms with van der Waals surface area (Å²) >= 11 is 7.97. The fourth-order valence-corrected chi connectivity index (χ4v) is 2.74. The molecule has 1 amide bonds. The van der Waals surface area contributed by atoms with E-state index in [-0.39, 0.29) is 16.8 Å². The van der Waals surface area contributed by atoms with E-state index < -0.39 is 11.7 Å². The molecule has 3 rings (SSSR count). The number of hydrogen-bond donors (Lipinski definition) is 1. The number of hydrogen-bond acceptors (Lipinski definition) is 3. The molecule has 28 heavy (non-hydrogen) atoms. The molecule has 4 nitrogen and oxygen atoms in total. The SMILES string of the molecule is O=C(Nc1ccc(Oc2ncc(C(F)(F)F)cc2Cl)cc1)c1ccc(I)cc1. The highest BCUT2D eigenvalue weighted by atomic mass is 127. The Morgan fingerprint density at radius 2 is 1.71 bits per heavy atom. The molecule has 0 saturated carbocycles. The lowest BCUT2D eigenvalue weighted by molar-refractivity contribution is -0.137. The molecule has 1 N–H and O–H groups in total. The first kappa shape index (κ1) is 20.4. The van der Waals surface area contributed by atoms with Crippen molar-refractivity contribution in [3.63, 3.8) is 0 Å². The van der Waals surface area contributed by atoms with E-state index in [0.29, 0.717) is 23.2 Å². The van der Waals surface area contributed by atoms with Gasteiger partial charge in [-0.1, -0.05) is 11.6 Å². The first-order valence-electron chi connectivity index (χ1n) is 7.80. The molecular formula is C19H11ClF3IN2O2. The van der Waals surface area contributed by atoms with Crippen LogP contribution in [0.1, 0.15) is 15.9 Å². The summed E-state index contributed by atoms with van der Waals surface area (Å²) in [7, 11) is 0. The monoisotopic (exact) mass is 518 g/mol. The summed E-state index contributed by atoms with van der Waals surface area (Å²) in [6, 6.07) is 14.1. The maximum Gasteiger partial charge on any atom is 0.417 e. The van der Waals surface area contributed by atoms with Crippen LogP contribution in [0.25, 0.3) is 0 Å². The van der Waals surface area contributed by atoms with Gasteiger partial charge in [0.15, 0.2) is 0 Å². The molecule has 0 radical (unpaired) electrons. The summed E-state index contributed by atoms with van der Waals surface area (Å²) in [4.78, 5) is 15.8. The number of aromatic nitrogens is 1. The zero-order valence-corrected chi connectivity index (χ0v) is 16.8. The van der Waals surface area contributed by atoms with Crippen molar-refractivity contribution in [3.8, 4) is 11.6 Å². The number of halogens is 5. The van der Waals surface area contributed by atoms with E-state index in [1.165, 1.54) is 0 Å². The highest BCUT2D eigenvalue weighted by Crippen LogP contribution is 2.34. The average molecular weight is 519 g/mol. The largest absolute Gasteiger partial charge is 0.438 e. The van der Waals surface area contributed by atoms with Crippen molar-refractivity contribution < 1.29 is 22.7 Å². The van der Waals surface area contributed by atoms with Crippen LogP contribution < -0.4 is 10.1 Å². The van der Waals surface area contributed by atoms with E-state index in [0.717, 1.165) is 9.64 Å². The van der Waals surface area contributed by atoms with Gasteiger partial charge in [0, 0.05) is 21.0 Å². The van der Waals surface area contributed by atoms with Crippen molar-refractivity contribution >= 4 is 45.8 Å². The Balaban J connectivity index is 1.68. The summed E-state index contributed by atoms with van der Waals surface area (Å²) < 4.78 is 44.4. The van der Waals surface area contributed by atoms with Crippen molar-refractivity contribution in [2.45, 2.75) is 6.18 Å². The number of carbonyl (C=O) groups excluding carboxylic acids is 1. The smallest absolute Gasteiger partial charge is 0.417 e. The minimum atomic E-state index is -4.54.